The average Bonchev–Trinajstić information content (AvgIpc) is 3.23. The van der Waals surface area contributed by atoms with Crippen molar-refractivity contribution in [1.29, 1.82) is 0 Å². The van der Waals surface area contributed by atoms with Gasteiger partial charge < -0.3 is 4.74 Å². The van der Waals surface area contributed by atoms with Crippen LogP contribution in [0.15, 0.2) is 48.8 Å². The van der Waals surface area contributed by atoms with Gasteiger partial charge in [-0.1, -0.05) is 30.3 Å². The molecule has 11 heteroatoms. The van der Waals surface area contributed by atoms with E-state index in [-0.39, 0.29) is 36.9 Å². The molecule has 1 N–H and O–H groups in total. The zero-order valence-electron chi connectivity index (χ0n) is 20.2. The molecular weight excluding hydrogens is 488 g/mol. The lowest BCUT2D eigenvalue weighted by atomic mass is 9.86. The second-order valence-electron chi connectivity index (χ2n) is 9.57. The fourth-order valence-electron chi connectivity index (χ4n) is 4.98. The van der Waals surface area contributed by atoms with E-state index >= 15 is 8.78 Å². The third kappa shape index (κ3) is 4.45. The van der Waals surface area contributed by atoms with Crippen LogP contribution in [0.2, 0.25) is 0 Å². The van der Waals surface area contributed by atoms with Crippen molar-refractivity contribution >= 4 is 10.0 Å². The van der Waals surface area contributed by atoms with E-state index in [9.17, 15) is 8.42 Å². The number of ether oxygens (including phenoxy) is 1. The van der Waals surface area contributed by atoms with Gasteiger partial charge in [0.2, 0.25) is 10.0 Å². The Bertz CT molecular complexity index is 1340. The van der Waals surface area contributed by atoms with Gasteiger partial charge >= 0.3 is 0 Å². The summed E-state index contributed by atoms with van der Waals surface area (Å²) in [5.74, 6) is -0.611. The molecule has 0 saturated carbocycles. The average molecular weight is 518 g/mol. The van der Waals surface area contributed by atoms with Crippen molar-refractivity contribution in [1.82, 2.24) is 24.4 Å². The Kier molecular flexibility index (Phi) is 6.67. The molecule has 3 aromatic rings. The van der Waals surface area contributed by atoms with Crippen molar-refractivity contribution in [2.45, 2.75) is 49.7 Å². The summed E-state index contributed by atoms with van der Waals surface area (Å²) in [7, 11) is -2.02. The predicted molar refractivity (Wildman–Crippen MR) is 129 cm³/mol. The molecule has 192 valence electrons. The Labute approximate surface area is 209 Å². The molecule has 3 heterocycles. The maximum atomic E-state index is 15.4. The van der Waals surface area contributed by atoms with Crippen molar-refractivity contribution in [2.75, 3.05) is 13.2 Å². The lowest BCUT2D eigenvalue weighted by Crippen LogP contribution is -2.58. The van der Waals surface area contributed by atoms with E-state index in [1.165, 1.54) is 10.6 Å². The zero-order chi connectivity index (χ0) is 25.5. The summed E-state index contributed by atoms with van der Waals surface area (Å²) in [4.78, 5) is 4.16. The molecule has 0 radical (unpaired) electrons. The number of rotatable bonds is 7. The van der Waals surface area contributed by atoms with Gasteiger partial charge in [0.25, 0.3) is 0 Å². The van der Waals surface area contributed by atoms with E-state index in [1.54, 1.807) is 42.9 Å². The molecule has 0 spiro atoms. The molecule has 0 bridgehead atoms. The van der Waals surface area contributed by atoms with Gasteiger partial charge in [-0.25, -0.2) is 22.2 Å². The molecule has 2 fully saturated rings. The third-order valence-electron chi connectivity index (χ3n) is 7.26. The van der Waals surface area contributed by atoms with Crippen LogP contribution in [-0.2, 0) is 40.4 Å². The number of benzene rings is 2. The molecule has 1 aromatic heterocycles. The summed E-state index contributed by atoms with van der Waals surface area (Å²) in [6.07, 6.45) is 2.54. The fraction of sp³-hybridized carbons (Fsp3) is 0.440. The van der Waals surface area contributed by atoms with Gasteiger partial charge in [0.1, 0.15) is 29.0 Å². The van der Waals surface area contributed by atoms with E-state index in [4.69, 9.17) is 4.74 Å². The minimum absolute atomic E-state index is 0.00378. The quantitative estimate of drug-likeness (QED) is 0.518. The molecule has 2 aromatic carbocycles. The van der Waals surface area contributed by atoms with E-state index in [0.29, 0.717) is 30.8 Å². The van der Waals surface area contributed by atoms with Crippen LogP contribution in [0, 0.1) is 11.6 Å². The van der Waals surface area contributed by atoms with Crippen LogP contribution in [0.5, 0.6) is 0 Å². The lowest BCUT2D eigenvalue weighted by molar-refractivity contribution is -0.0817. The lowest BCUT2D eigenvalue weighted by Gasteiger charge is -2.43. The Morgan fingerprint density at radius 3 is 2.53 bits per heavy atom. The molecular formula is C25H29F2N5O3S. The highest BCUT2D eigenvalue weighted by Gasteiger charge is 2.44. The van der Waals surface area contributed by atoms with Gasteiger partial charge in [-0.2, -0.15) is 9.40 Å². The molecule has 0 aliphatic carbocycles. The number of nitrogens with one attached hydrogen (secondary N) is 1. The molecule has 0 unspecified atom stereocenters. The number of sulfonamides is 1. The van der Waals surface area contributed by atoms with Gasteiger partial charge in [0.15, 0.2) is 0 Å². The molecule has 5 rings (SSSR count). The number of aryl methyl sites for hydroxylation is 1. The normalized spacial score (nSPS) is 23.3. The van der Waals surface area contributed by atoms with Crippen LogP contribution < -0.4 is 5.32 Å². The zero-order valence-corrected chi connectivity index (χ0v) is 21.0. The molecule has 2 aliphatic rings. The van der Waals surface area contributed by atoms with Gasteiger partial charge in [-0.05, 0) is 37.5 Å². The van der Waals surface area contributed by atoms with E-state index < -0.39 is 32.4 Å². The van der Waals surface area contributed by atoms with Crippen molar-refractivity contribution in [3.05, 3.63) is 82.9 Å². The Morgan fingerprint density at radius 1 is 1.14 bits per heavy atom. The van der Waals surface area contributed by atoms with Crippen molar-refractivity contribution in [2.24, 2.45) is 7.05 Å². The smallest absolute Gasteiger partial charge is 0.221 e. The summed E-state index contributed by atoms with van der Waals surface area (Å²) in [6, 6.07) is 11.0. The highest BCUT2D eigenvalue weighted by molar-refractivity contribution is 7.89. The summed E-state index contributed by atoms with van der Waals surface area (Å²) in [5, 5.41) is 6.56. The number of halogens is 2. The van der Waals surface area contributed by atoms with E-state index in [1.807, 2.05) is 6.07 Å². The van der Waals surface area contributed by atoms with Crippen LogP contribution in [-0.4, -0.2) is 46.7 Å². The van der Waals surface area contributed by atoms with Crippen LogP contribution in [0.4, 0.5) is 8.78 Å². The first-order valence-corrected chi connectivity index (χ1v) is 13.4. The second-order valence-corrected chi connectivity index (χ2v) is 11.6. The van der Waals surface area contributed by atoms with E-state index in [0.717, 1.165) is 12.1 Å². The SMILES string of the molecule is C[C@H]1CC[C@H](c2ccccc2)S(=O)(=O)N1Cc1cc(F)c(C2(NCc3ncnn3C)COC2)cc1F. The Hall–Kier alpha value is -2.73. The van der Waals surface area contributed by atoms with Crippen molar-refractivity contribution in [3.8, 4) is 0 Å². The van der Waals surface area contributed by atoms with Crippen LogP contribution in [0.25, 0.3) is 0 Å². The maximum absolute atomic E-state index is 15.4. The third-order valence-corrected chi connectivity index (χ3v) is 9.63. The largest absolute Gasteiger partial charge is 0.377 e. The fourth-order valence-corrected chi connectivity index (χ4v) is 7.17. The van der Waals surface area contributed by atoms with Gasteiger partial charge in [0.05, 0.1) is 25.3 Å². The number of aromatic nitrogens is 3. The number of nitrogens with zero attached hydrogens (tertiary/aromatic N) is 4. The Balaban J connectivity index is 1.40. The first-order valence-electron chi connectivity index (χ1n) is 11.9. The predicted octanol–water partition coefficient (Wildman–Crippen LogP) is 3.16. The highest BCUT2D eigenvalue weighted by Crippen LogP contribution is 2.39. The molecule has 2 saturated heterocycles. The monoisotopic (exact) mass is 517 g/mol. The number of hydrogen-bond acceptors (Lipinski definition) is 6. The summed E-state index contributed by atoms with van der Waals surface area (Å²) in [6.45, 7) is 2.23. The summed E-state index contributed by atoms with van der Waals surface area (Å²) in [5.41, 5.74) is -0.0477. The number of hydrogen-bond donors (Lipinski definition) is 1. The second kappa shape index (κ2) is 9.62. The van der Waals surface area contributed by atoms with E-state index in [2.05, 4.69) is 15.4 Å². The molecule has 36 heavy (non-hydrogen) atoms. The molecule has 0 amide bonds. The van der Waals surface area contributed by atoms with Crippen molar-refractivity contribution < 1.29 is 21.9 Å². The van der Waals surface area contributed by atoms with Gasteiger partial charge in [-0.3, -0.25) is 10.00 Å². The maximum Gasteiger partial charge on any atom is 0.221 e. The van der Waals surface area contributed by atoms with Crippen LogP contribution >= 0.6 is 0 Å². The Morgan fingerprint density at radius 2 is 1.89 bits per heavy atom. The highest BCUT2D eigenvalue weighted by atomic mass is 32.2. The standard InChI is InChI=1S/C25H29F2N5O3S/c1-17-8-9-23(18-6-4-3-5-7-18)36(33,34)32(17)13-19-10-22(27)20(11-21(19)26)25(14-35-15-25)29-12-24-28-16-30-31(24)2/h3-7,10-11,16-17,23,29H,8-9,12-15H2,1-2H3/t17-,23+/m0/s1. The topological polar surface area (TPSA) is 89.4 Å². The summed E-state index contributed by atoms with van der Waals surface area (Å²) >= 11 is 0. The molecule has 2 atom stereocenters. The molecule has 8 nitrogen and oxygen atoms in total. The van der Waals surface area contributed by atoms with Crippen LogP contribution in [0.1, 0.15) is 47.5 Å². The first kappa shape index (κ1) is 24.9. The van der Waals surface area contributed by atoms with Crippen molar-refractivity contribution in [3.63, 3.8) is 0 Å². The first-order chi connectivity index (χ1) is 17.2. The minimum atomic E-state index is -3.77. The summed E-state index contributed by atoms with van der Waals surface area (Å²) < 4.78 is 66.0. The minimum Gasteiger partial charge on any atom is -0.377 e. The van der Waals surface area contributed by atoms with Gasteiger partial charge in [0, 0.05) is 30.8 Å². The van der Waals surface area contributed by atoms with Gasteiger partial charge in [-0.15, -0.1) is 0 Å². The molecule has 2 aliphatic heterocycles. The van der Waals surface area contributed by atoms with Crippen LogP contribution in [0.3, 0.4) is 0 Å².